The first-order chi connectivity index (χ1) is 9.01. The molecule has 1 N–H and O–H groups in total. The molecule has 1 aromatic rings. The highest BCUT2D eigenvalue weighted by Gasteiger charge is 2.29. The van der Waals surface area contributed by atoms with E-state index in [1.54, 1.807) is 6.92 Å². The summed E-state index contributed by atoms with van der Waals surface area (Å²) in [7, 11) is 0. The number of nitrogens with zero attached hydrogens (tertiary/aromatic N) is 1. The van der Waals surface area contributed by atoms with Gasteiger partial charge in [-0.2, -0.15) is 0 Å². The zero-order chi connectivity index (χ0) is 14.0. The number of rotatable bonds is 2. The molecule has 1 aliphatic rings. The molecule has 2 atom stereocenters. The monoisotopic (exact) mass is 287 g/mol. The van der Waals surface area contributed by atoms with Crippen molar-refractivity contribution in [2.45, 2.75) is 19.1 Å². The second-order valence-electron chi connectivity index (χ2n) is 4.59. The average molecular weight is 288 g/mol. The normalized spacial score (nSPS) is 23.5. The molecule has 1 saturated heterocycles. The largest absolute Gasteiger partial charge is 0.394 e. The van der Waals surface area contributed by atoms with Crippen LogP contribution < -0.4 is 0 Å². The van der Waals surface area contributed by atoms with E-state index in [0.717, 1.165) is 6.07 Å². The third-order valence-corrected chi connectivity index (χ3v) is 3.21. The first kappa shape index (κ1) is 14.2. The van der Waals surface area contributed by atoms with E-state index < -0.39 is 17.8 Å². The summed E-state index contributed by atoms with van der Waals surface area (Å²) in [6, 6.07) is 3.96. The summed E-state index contributed by atoms with van der Waals surface area (Å²) >= 11 is 5.66. The molecule has 0 bridgehead atoms. The third-order valence-electron chi connectivity index (χ3n) is 2.98. The van der Waals surface area contributed by atoms with Crippen molar-refractivity contribution >= 4 is 17.5 Å². The fraction of sp³-hybridized carbons (Fsp3) is 0.462. The fourth-order valence-electron chi connectivity index (χ4n) is 2.15. The number of carbonyl (C=O) groups is 1. The van der Waals surface area contributed by atoms with Gasteiger partial charge in [0.05, 0.1) is 24.4 Å². The zero-order valence-corrected chi connectivity index (χ0v) is 11.2. The van der Waals surface area contributed by atoms with E-state index in [1.165, 1.54) is 17.0 Å². The van der Waals surface area contributed by atoms with Crippen molar-refractivity contribution in [1.82, 2.24) is 4.90 Å². The second kappa shape index (κ2) is 5.86. The first-order valence-electron chi connectivity index (χ1n) is 6.02. The van der Waals surface area contributed by atoms with Crippen LogP contribution in [0.15, 0.2) is 18.2 Å². The van der Waals surface area contributed by atoms with Crippen LogP contribution >= 0.6 is 11.6 Å². The van der Waals surface area contributed by atoms with Crippen LogP contribution in [-0.4, -0.2) is 47.8 Å². The van der Waals surface area contributed by atoms with Gasteiger partial charge in [-0.3, -0.25) is 4.79 Å². The number of halogens is 2. The molecule has 4 nitrogen and oxygen atoms in total. The number of aliphatic hydroxyl groups is 1. The van der Waals surface area contributed by atoms with Crippen LogP contribution in [0.3, 0.4) is 0 Å². The number of aliphatic hydroxyl groups excluding tert-OH is 1. The Morgan fingerprint density at radius 2 is 2.32 bits per heavy atom. The van der Waals surface area contributed by atoms with Crippen molar-refractivity contribution in [1.29, 1.82) is 0 Å². The van der Waals surface area contributed by atoms with E-state index in [9.17, 15) is 9.18 Å². The van der Waals surface area contributed by atoms with E-state index in [2.05, 4.69) is 0 Å². The Hall–Kier alpha value is -1.17. The molecule has 1 aliphatic heterocycles. The number of benzene rings is 1. The van der Waals surface area contributed by atoms with Gasteiger partial charge in [0.2, 0.25) is 0 Å². The SMILES string of the molecule is CC1CN(C(=O)c2ccc(Cl)cc2F)CC(CO)O1. The van der Waals surface area contributed by atoms with Crippen molar-refractivity contribution in [3.05, 3.63) is 34.6 Å². The maximum absolute atomic E-state index is 13.7. The van der Waals surface area contributed by atoms with Crippen LogP contribution in [0.5, 0.6) is 0 Å². The van der Waals surface area contributed by atoms with Gasteiger partial charge in [0.25, 0.3) is 5.91 Å². The Morgan fingerprint density at radius 1 is 1.58 bits per heavy atom. The van der Waals surface area contributed by atoms with Crippen LogP contribution in [-0.2, 0) is 4.74 Å². The molecule has 6 heteroatoms. The standard InChI is InChI=1S/C13H15ClFNO3/c1-8-5-16(6-10(7-17)19-8)13(18)11-3-2-9(14)4-12(11)15/h2-4,8,10,17H,5-7H2,1H3. The molecular weight excluding hydrogens is 273 g/mol. The molecule has 104 valence electrons. The summed E-state index contributed by atoms with van der Waals surface area (Å²) in [5.74, 6) is -1.06. The van der Waals surface area contributed by atoms with E-state index >= 15 is 0 Å². The topological polar surface area (TPSA) is 49.8 Å². The van der Waals surface area contributed by atoms with Crippen molar-refractivity contribution in [3.8, 4) is 0 Å². The molecule has 0 aliphatic carbocycles. The lowest BCUT2D eigenvalue weighted by Gasteiger charge is -2.36. The van der Waals surface area contributed by atoms with Crippen LogP contribution in [0.25, 0.3) is 0 Å². The smallest absolute Gasteiger partial charge is 0.257 e. The van der Waals surface area contributed by atoms with Gasteiger partial charge in [0.1, 0.15) is 5.82 Å². The maximum Gasteiger partial charge on any atom is 0.257 e. The molecule has 0 radical (unpaired) electrons. The number of morpholine rings is 1. The minimum absolute atomic E-state index is 0.0183. The van der Waals surface area contributed by atoms with E-state index in [4.69, 9.17) is 21.4 Å². The molecule has 2 unspecified atom stereocenters. The lowest BCUT2D eigenvalue weighted by molar-refractivity contribution is -0.0859. The fourth-order valence-corrected chi connectivity index (χ4v) is 2.30. The molecular formula is C13H15ClFNO3. The molecule has 2 rings (SSSR count). The molecule has 1 amide bonds. The third kappa shape index (κ3) is 3.23. The highest BCUT2D eigenvalue weighted by Crippen LogP contribution is 2.19. The van der Waals surface area contributed by atoms with Gasteiger partial charge in [-0.15, -0.1) is 0 Å². The summed E-state index contributed by atoms with van der Waals surface area (Å²) in [6.45, 7) is 2.26. The van der Waals surface area contributed by atoms with Gasteiger partial charge in [-0.1, -0.05) is 11.6 Å². The zero-order valence-electron chi connectivity index (χ0n) is 10.5. The van der Waals surface area contributed by atoms with Gasteiger partial charge in [-0.05, 0) is 25.1 Å². The van der Waals surface area contributed by atoms with Gasteiger partial charge < -0.3 is 14.7 Å². The average Bonchev–Trinajstić information content (AvgIpc) is 2.37. The molecule has 0 aromatic heterocycles. The van der Waals surface area contributed by atoms with E-state index in [-0.39, 0.29) is 29.8 Å². The Balaban J connectivity index is 2.18. The van der Waals surface area contributed by atoms with Crippen molar-refractivity contribution in [2.75, 3.05) is 19.7 Å². The quantitative estimate of drug-likeness (QED) is 0.901. The highest BCUT2D eigenvalue weighted by molar-refractivity contribution is 6.30. The number of hydrogen-bond acceptors (Lipinski definition) is 3. The lowest BCUT2D eigenvalue weighted by atomic mass is 10.1. The van der Waals surface area contributed by atoms with Crippen LogP contribution in [0, 0.1) is 5.82 Å². The highest BCUT2D eigenvalue weighted by atomic mass is 35.5. The van der Waals surface area contributed by atoms with Crippen LogP contribution in [0.2, 0.25) is 5.02 Å². The van der Waals surface area contributed by atoms with Crippen LogP contribution in [0.1, 0.15) is 17.3 Å². The Kier molecular flexibility index (Phi) is 4.39. The predicted octanol–water partition coefficient (Wildman–Crippen LogP) is 1.70. The minimum Gasteiger partial charge on any atom is -0.394 e. The molecule has 0 spiro atoms. The Labute approximate surface area is 115 Å². The number of amides is 1. The molecule has 0 saturated carbocycles. The predicted molar refractivity (Wildman–Crippen MR) is 68.7 cm³/mol. The Bertz CT molecular complexity index is 483. The van der Waals surface area contributed by atoms with Crippen molar-refractivity contribution < 1.29 is 19.0 Å². The second-order valence-corrected chi connectivity index (χ2v) is 5.02. The summed E-state index contributed by atoms with van der Waals surface area (Å²) in [5.41, 5.74) is -0.0183. The van der Waals surface area contributed by atoms with Gasteiger partial charge in [0, 0.05) is 18.1 Å². The maximum atomic E-state index is 13.7. The Morgan fingerprint density at radius 3 is 2.95 bits per heavy atom. The van der Waals surface area contributed by atoms with E-state index in [1.807, 2.05) is 0 Å². The van der Waals surface area contributed by atoms with E-state index in [0.29, 0.717) is 6.54 Å². The van der Waals surface area contributed by atoms with Gasteiger partial charge in [-0.25, -0.2) is 4.39 Å². The lowest BCUT2D eigenvalue weighted by Crippen LogP contribution is -2.50. The van der Waals surface area contributed by atoms with Gasteiger partial charge in [0.15, 0.2) is 0 Å². The van der Waals surface area contributed by atoms with Crippen molar-refractivity contribution in [3.63, 3.8) is 0 Å². The van der Waals surface area contributed by atoms with Gasteiger partial charge >= 0.3 is 0 Å². The first-order valence-corrected chi connectivity index (χ1v) is 6.39. The number of hydrogen-bond donors (Lipinski definition) is 1. The summed E-state index contributed by atoms with van der Waals surface area (Å²) in [5, 5.41) is 9.36. The number of carbonyl (C=O) groups excluding carboxylic acids is 1. The molecule has 1 fully saturated rings. The van der Waals surface area contributed by atoms with Crippen molar-refractivity contribution in [2.24, 2.45) is 0 Å². The summed E-state index contributed by atoms with van der Waals surface area (Å²) < 4.78 is 19.2. The molecule has 1 heterocycles. The van der Waals surface area contributed by atoms with Crippen LogP contribution in [0.4, 0.5) is 4.39 Å². The summed E-state index contributed by atoms with van der Waals surface area (Å²) in [6.07, 6.45) is -0.617. The molecule has 19 heavy (non-hydrogen) atoms. The number of ether oxygens (including phenoxy) is 1. The minimum atomic E-state index is -0.641. The molecule has 1 aromatic carbocycles. The summed E-state index contributed by atoms with van der Waals surface area (Å²) in [4.78, 5) is 13.7.